The molecule has 7 heteroatoms. The van der Waals surface area contributed by atoms with Gasteiger partial charge in [-0.1, -0.05) is 0 Å². The number of hydrogen-bond donors (Lipinski definition) is 2. The second-order valence-electron chi connectivity index (χ2n) is 8.62. The normalized spacial score (nSPS) is 24.6. The summed E-state index contributed by atoms with van der Waals surface area (Å²) in [5.41, 5.74) is 1.00. The Morgan fingerprint density at radius 3 is 2.96 bits per heavy atom. The smallest absolute Gasteiger partial charge is 0.223 e. The second kappa shape index (κ2) is 5.95. The summed E-state index contributed by atoms with van der Waals surface area (Å²) in [5.74, 6) is 1.23. The highest BCUT2D eigenvalue weighted by Gasteiger charge is 2.55. The van der Waals surface area contributed by atoms with Crippen molar-refractivity contribution in [2.24, 2.45) is 16.7 Å². The summed E-state index contributed by atoms with van der Waals surface area (Å²) >= 11 is 0. The lowest BCUT2D eigenvalue weighted by molar-refractivity contribution is -0.128. The molecule has 1 saturated heterocycles. The minimum atomic E-state index is 0.0582. The average Bonchev–Trinajstić information content (AvgIpc) is 3.57. The number of nitrogens with zero attached hydrogens (tertiary/aromatic N) is 4. The maximum atomic E-state index is 12.9. The van der Waals surface area contributed by atoms with E-state index in [2.05, 4.69) is 31.2 Å². The standard InChI is InChI=1S/C20H24N6O/c21-8-7-19(3-4-19)11-23-18(27)15-2-10-26(12-20(15)5-6-20)17-14-1-9-22-16(14)24-13-25-17/h1,9,13,15H,2-7,10-12H2,(H,23,27)(H,22,24,25). The first-order valence-corrected chi connectivity index (χ1v) is 9.83. The number of aromatic amines is 1. The van der Waals surface area contributed by atoms with Crippen LogP contribution in [0, 0.1) is 28.1 Å². The van der Waals surface area contributed by atoms with Crippen molar-refractivity contribution in [2.45, 2.75) is 38.5 Å². The molecule has 3 heterocycles. The van der Waals surface area contributed by atoms with Crippen LogP contribution in [0.1, 0.15) is 38.5 Å². The van der Waals surface area contributed by atoms with Crippen LogP contribution >= 0.6 is 0 Å². The lowest BCUT2D eigenvalue weighted by Gasteiger charge is -2.39. The molecule has 1 aliphatic heterocycles. The van der Waals surface area contributed by atoms with Gasteiger partial charge >= 0.3 is 0 Å². The molecule has 2 aromatic rings. The van der Waals surface area contributed by atoms with Gasteiger partial charge in [0, 0.05) is 43.6 Å². The summed E-state index contributed by atoms with van der Waals surface area (Å²) in [6, 6.07) is 4.29. The lowest BCUT2D eigenvalue weighted by atomic mass is 9.81. The molecule has 0 aromatic carbocycles. The van der Waals surface area contributed by atoms with Gasteiger partial charge < -0.3 is 15.2 Å². The van der Waals surface area contributed by atoms with Crippen LogP contribution in [0.4, 0.5) is 5.82 Å². The molecule has 1 spiro atoms. The number of hydrogen-bond acceptors (Lipinski definition) is 5. The van der Waals surface area contributed by atoms with Crippen molar-refractivity contribution in [3.8, 4) is 6.07 Å². The summed E-state index contributed by atoms with van der Waals surface area (Å²) in [5, 5.41) is 13.2. The maximum absolute atomic E-state index is 12.9. The third-order valence-corrected chi connectivity index (χ3v) is 6.82. The van der Waals surface area contributed by atoms with Crippen molar-refractivity contribution < 1.29 is 4.79 Å². The van der Waals surface area contributed by atoms with Crippen molar-refractivity contribution in [3.63, 3.8) is 0 Å². The molecule has 0 radical (unpaired) electrons. The Morgan fingerprint density at radius 1 is 1.37 bits per heavy atom. The summed E-state index contributed by atoms with van der Waals surface area (Å²) in [6.45, 7) is 2.37. The van der Waals surface area contributed by atoms with Crippen molar-refractivity contribution in [1.29, 1.82) is 5.26 Å². The fraction of sp³-hybridized carbons (Fsp3) is 0.600. The second-order valence-corrected chi connectivity index (χ2v) is 8.62. The van der Waals surface area contributed by atoms with Crippen LogP contribution in [0.5, 0.6) is 0 Å². The van der Waals surface area contributed by atoms with Crippen LogP contribution in [0.2, 0.25) is 0 Å². The summed E-state index contributed by atoms with van der Waals surface area (Å²) in [4.78, 5) is 27.2. The quantitative estimate of drug-likeness (QED) is 0.849. The first-order valence-electron chi connectivity index (χ1n) is 9.83. The van der Waals surface area contributed by atoms with E-state index in [1.807, 2.05) is 12.3 Å². The van der Waals surface area contributed by atoms with E-state index in [1.54, 1.807) is 6.33 Å². The predicted molar refractivity (Wildman–Crippen MR) is 101 cm³/mol. The summed E-state index contributed by atoms with van der Waals surface area (Å²) in [7, 11) is 0. The molecule has 5 rings (SSSR count). The highest BCUT2D eigenvalue weighted by Crippen LogP contribution is 2.56. The maximum Gasteiger partial charge on any atom is 0.223 e. The van der Waals surface area contributed by atoms with Gasteiger partial charge in [0.2, 0.25) is 5.91 Å². The van der Waals surface area contributed by atoms with Gasteiger partial charge in [-0.25, -0.2) is 9.97 Å². The Hall–Kier alpha value is -2.62. The van der Waals surface area contributed by atoms with Gasteiger partial charge in [0.25, 0.3) is 0 Å². The van der Waals surface area contributed by atoms with Gasteiger partial charge in [0.05, 0.1) is 11.5 Å². The Kier molecular flexibility index (Phi) is 3.64. The molecular weight excluding hydrogens is 340 g/mol. The van der Waals surface area contributed by atoms with E-state index in [4.69, 9.17) is 5.26 Å². The number of fused-ring (bicyclic) bond motifs is 1. The molecule has 1 atom stereocenters. The highest BCUT2D eigenvalue weighted by molar-refractivity contribution is 5.87. The van der Waals surface area contributed by atoms with E-state index < -0.39 is 0 Å². The van der Waals surface area contributed by atoms with E-state index in [1.165, 1.54) is 0 Å². The van der Waals surface area contributed by atoms with E-state index in [-0.39, 0.29) is 22.7 Å². The molecule has 140 valence electrons. The zero-order valence-electron chi connectivity index (χ0n) is 15.4. The van der Waals surface area contributed by atoms with Crippen molar-refractivity contribution in [3.05, 3.63) is 18.6 Å². The minimum absolute atomic E-state index is 0.0582. The third-order valence-electron chi connectivity index (χ3n) is 6.82. The fourth-order valence-corrected chi connectivity index (χ4v) is 4.69. The van der Waals surface area contributed by atoms with Crippen LogP contribution in [0.3, 0.4) is 0 Å². The van der Waals surface area contributed by atoms with Crippen LogP contribution in [-0.4, -0.2) is 40.5 Å². The molecule has 0 bridgehead atoms. The van der Waals surface area contributed by atoms with Gasteiger partial charge in [-0.15, -0.1) is 0 Å². The Morgan fingerprint density at radius 2 is 2.22 bits per heavy atom. The molecule has 1 unspecified atom stereocenters. The Labute approximate surface area is 158 Å². The molecule has 2 aromatic heterocycles. The van der Waals surface area contributed by atoms with E-state index in [9.17, 15) is 4.79 Å². The fourth-order valence-electron chi connectivity index (χ4n) is 4.69. The zero-order valence-corrected chi connectivity index (χ0v) is 15.4. The number of aromatic nitrogens is 3. The SMILES string of the molecule is N#CCC1(CNC(=O)C2CCN(c3ncnc4[nH]ccc34)CC23CC3)CC1. The minimum Gasteiger partial charge on any atom is -0.355 e. The first-order chi connectivity index (χ1) is 13.1. The van der Waals surface area contributed by atoms with Crippen LogP contribution < -0.4 is 10.2 Å². The average molecular weight is 364 g/mol. The molecule has 2 aliphatic carbocycles. The van der Waals surface area contributed by atoms with Gasteiger partial charge in [0.1, 0.15) is 17.8 Å². The molecular formula is C20H24N6O. The molecule has 7 nitrogen and oxygen atoms in total. The number of H-pyrrole nitrogens is 1. The van der Waals surface area contributed by atoms with Crippen LogP contribution in [-0.2, 0) is 4.79 Å². The number of carbonyl (C=O) groups excluding carboxylic acids is 1. The Bertz CT molecular complexity index is 920. The predicted octanol–water partition coefficient (Wildman–Crippen LogP) is 2.37. The first kappa shape index (κ1) is 16.5. The zero-order chi connectivity index (χ0) is 18.5. The van der Waals surface area contributed by atoms with Crippen molar-refractivity contribution >= 4 is 22.8 Å². The number of carbonyl (C=O) groups is 1. The number of anilines is 1. The number of nitrogens with one attached hydrogen (secondary N) is 2. The highest BCUT2D eigenvalue weighted by atomic mass is 16.2. The number of nitriles is 1. The molecule has 2 N–H and O–H groups in total. The van der Waals surface area contributed by atoms with Gasteiger partial charge in [-0.05, 0) is 43.6 Å². The molecule has 3 fully saturated rings. The van der Waals surface area contributed by atoms with Crippen LogP contribution in [0.15, 0.2) is 18.6 Å². The van der Waals surface area contributed by atoms with Gasteiger partial charge in [-0.2, -0.15) is 5.26 Å². The Balaban J connectivity index is 1.28. The largest absolute Gasteiger partial charge is 0.355 e. The number of amides is 1. The van der Waals surface area contributed by atoms with E-state index in [0.717, 1.165) is 62.0 Å². The summed E-state index contributed by atoms with van der Waals surface area (Å²) < 4.78 is 0. The number of rotatable bonds is 5. The van der Waals surface area contributed by atoms with Crippen LogP contribution in [0.25, 0.3) is 11.0 Å². The molecule has 1 amide bonds. The topological polar surface area (TPSA) is 97.7 Å². The van der Waals surface area contributed by atoms with Gasteiger partial charge in [0.15, 0.2) is 0 Å². The van der Waals surface area contributed by atoms with Crippen molar-refractivity contribution in [1.82, 2.24) is 20.3 Å². The third kappa shape index (κ3) is 2.84. The number of piperidine rings is 1. The lowest BCUT2D eigenvalue weighted by Crippen LogP contribution is -2.48. The summed E-state index contributed by atoms with van der Waals surface area (Å²) in [6.07, 6.45) is 9.24. The monoisotopic (exact) mass is 364 g/mol. The molecule has 2 saturated carbocycles. The van der Waals surface area contributed by atoms with E-state index >= 15 is 0 Å². The van der Waals surface area contributed by atoms with Crippen molar-refractivity contribution in [2.75, 3.05) is 24.5 Å². The molecule has 27 heavy (non-hydrogen) atoms. The molecule has 3 aliphatic rings. The van der Waals surface area contributed by atoms with Gasteiger partial charge in [-0.3, -0.25) is 4.79 Å². The van der Waals surface area contributed by atoms with E-state index in [0.29, 0.717) is 13.0 Å².